The summed E-state index contributed by atoms with van der Waals surface area (Å²) in [6, 6.07) is 7.38. The van der Waals surface area contributed by atoms with Crippen LogP contribution in [0.1, 0.15) is 25.3 Å². The number of nitrogens with one attached hydrogen (secondary N) is 1. The molecule has 1 aromatic carbocycles. The van der Waals surface area contributed by atoms with Crippen molar-refractivity contribution >= 4 is 31.6 Å². The van der Waals surface area contributed by atoms with Crippen LogP contribution in [0.5, 0.6) is 0 Å². The molecule has 0 aliphatic rings. The van der Waals surface area contributed by atoms with Crippen LogP contribution in [0.2, 0.25) is 0 Å². The molecular weight excluding hydrogens is 290 g/mol. The van der Waals surface area contributed by atoms with E-state index in [-0.39, 0.29) is 5.75 Å². The smallest absolute Gasteiger partial charge is 0.232 e. The summed E-state index contributed by atoms with van der Waals surface area (Å²) in [6.45, 7) is 1.97. The lowest BCUT2D eigenvalue weighted by Gasteiger charge is -2.08. The van der Waals surface area contributed by atoms with Crippen LogP contribution in [0.25, 0.3) is 0 Å². The number of rotatable bonds is 6. The Morgan fingerprint density at radius 3 is 2.75 bits per heavy atom. The molecule has 0 aliphatic heterocycles. The van der Waals surface area contributed by atoms with E-state index in [1.165, 1.54) is 0 Å². The Labute approximate surface area is 105 Å². The third-order valence-corrected chi connectivity index (χ3v) is 4.14. The normalized spacial score (nSPS) is 11.4. The largest absolute Gasteiger partial charge is 0.284 e. The molecule has 0 radical (unpaired) electrons. The average Bonchev–Trinajstić information content (AvgIpc) is 2.26. The zero-order valence-corrected chi connectivity index (χ0v) is 11.6. The van der Waals surface area contributed by atoms with Gasteiger partial charge in [-0.1, -0.05) is 41.4 Å². The van der Waals surface area contributed by atoms with Crippen molar-refractivity contribution in [1.82, 2.24) is 0 Å². The van der Waals surface area contributed by atoms with Gasteiger partial charge in [-0.15, -0.1) is 0 Å². The van der Waals surface area contributed by atoms with E-state index in [9.17, 15) is 8.42 Å². The van der Waals surface area contributed by atoms with Gasteiger partial charge < -0.3 is 0 Å². The topological polar surface area (TPSA) is 46.2 Å². The Hall–Kier alpha value is -0.550. The van der Waals surface area contributed by atoms with Crippen LogP contribution in [-0.4, -0.2) is 14.2 Å². The number of alkyl halides is 1. The molecule has 0 unspecified atom stereocenters. The van der Waals surface area contributed by atoms with E-state index < -0.39 is 10.0 Å². The molecule has 0 spiro atoms. The SMILES string of the molecule is CCCCS(=O)(=O)Nc1cccc(CBr)c1. The number of hydrogen-bond donors (Lipinski definition) is 1. The molecule has 0 aliphatic carbocycles. The predicted octanol–water partition coefficient (Wildman–Crippen LogP) is 3.12. The van der Waals surface area contributed by atoms with Crippen molar-refractivity contribution in [2.75, 3.05) is 10.5 Å². The van der Waals surface area contributed by atoms with Crippen molar-refractivity contribution in [3.8, 4) is 0 Å². The Morgan fingerprint density at radius 1 is 1.38 bits per heavy atom. The van der Waals surface area contributed by atoms with E-state index in [1.54, 1.807) is 6.07 Å². The van der Waals surface area contributed by atoms with Crippen LogP contribution in [0.15, 0.2) is 24.3 Å². The van der Waals surface area contributed by atoms with Gasteiger partial charge in [0.05, 0.1) is 5.75 Å². The number of anilines is 1. The van der Waals surface area contributed by atoms with Gasteiger partial charge in [-0.2, -0.15) is 0 Å². The summed E-state index contributed by atoms with van der Waals surface area (Å²) in [5, 5.41) is 0.720. The van der Waals surface area contributed by atoms with Crippen molar-refractivity contribution in [2.24, 2.45) is 0 Å². The molecule has 5 heteroatoms. The third kappa shape index (κ3) is 4.53. The summed E-state index contributed by atoms with van der Waals surface area (Å²) in [4.78, 5) is 0. The van der Waals surface area contributed by atoms with Crippen LogP contribution < -0.4 is 4.72 Å². The van der Waals surface area contributed by atoms with Gasteiger partial charge in [0.2, 0.25) is 10.0 Å². The number of halogens is 1. The zero-order valence-electron chi connectivity index (χ0n) is 9.24. The summed E-state index contributed by atoms with van der Waals surface area (Å²) >= 11 is 3.34. The van der Waals surface area contributed by atoms with Gasteiger partial charge in [0, 0.05) is 11.0 Å². The van der Waals surface area contributed by atoms with Gasteiger partial charge in [0.1, 0.15) is 0 Å². The van der Waals surface area contributed by atoms with E-state index in [2.05, 4.69) is 20.7 Å². The first-order valence-corrected chi connectivity index (χ1v) is 8.00. The third-order valence-electron chi connectivity index (χ3n) is 2.12. The number of sulfonamides is 1. The zero-order chi connectivity index (χ0) is 12.0. The Balaban J connectivity index is 2.72. The molecule has 90 valence electrons. The van der Waals surface area contributed by atoms with Gasteiger partial charge in [-0.3, -0.25) is 4.72 Å². The van der Waals surface area contributed by atoms with Crippen molar-refractivity contribution in [3.63, 3.8) is 0 Å². The summed E-state index contributed by atoms with van der Waals surface area (Å²) in [5.74, 6) is 0.183. The van der Waals surface area contributed by atoms with Crippen molar-refractivity contribution in [1.29, 1.82) is 0 Å². The summed E-state index contributed by atoms with van der Waals surface area (Å²) in [5.41, 5.74) is 1.68. The Bertz CT molecular complexity index is 431. The van der Waals surface area contributed by atoms with Gasteiger partial charge in [0.15, 0.2) is 0 Å². The molecule has 0 aromatic heterocycles. The van der Waals surface area contributed by atoms with E-state index in [4.69, 9.17) is 0 Å². The van der Waals surface area contributed by atoms with Crippen molar-refractivity contribution < 1.29 is 8.42 Å². The fraction of sp³-hybridized carbons (Fsp3) is 0.455. The minimum atomic E-state index is -3.19. The molecule has 0 bridgehead atoms. The first-order valence-electron chi connectivity index (χ1n) is 5.23. The minimum absolute atomic E-state index is 0.183. The molecular formula is C11H16BrNO2S. The van der Waals surface area contributed by atoms with E-state index >= 15 is 0 Å². The minimum Gasteiger partial charge on any atom is -0.284 e. The summed E-state index contributed by atoms with van der Waals surface area (Å²) < 4.78 is 25.9. The molecule has 1 rings (SSSR count). The van der Waals surface area contributed by atoms with Crippen molar-refractivity contribution in [3.05, 3.63) is 29.8 Å². The maximum atomic E-state index is 11.6. The van der Waals surface area contributed by atoms with E-state index in [1.807, 2.05) is 25.1 Å². The van der Waals surface area contributed by atoms with E-state index in [0.717, 1.165) is 17.3 Å². The first-order chi connectivity index (χ1) is 7.57. The predicted molar refractivity (Wildman–Crippen MR) is 71.4 cm³/mol. The second-order valence-electron chi connectivity index (χ2n) is 3.61. The molecule has 16 heavy (non-hydrogen) atoms. The molecule has 0 heterocycles. The Kier molecular flexibility index (Phi) is 5.28. The molecule has 0 saturated heterocycles. The molecule has 0 amide bonds. The Morgan fingerprint density at radius 2 is 2.12 bits per heavy atom. The lowest BCUT2D eigenvalue weighted by molar-refractivity contribution is 0.598. The molecule has 1 aromatic rings. The monoisotopic (exact) mass is 305 g/mol. The maximum absolute atomic E-state index is 11.6. The second-order valence-corrected chi connectivity index (χ2v) is 6.01. The van der Waals surface area contributed by atoms with E-state index in [0.29, 0.717) is 12.1 Å². The second kappa shape index (κ2) is 6.25. The highest BCUT2D eigenvalue weighted by Gasteiger charge is 2.09. The lowest BCUT2D eigenvalue weighted by Crippen LogP contribution is -2.16. The van der Waals surface area contributed by atoms with Gasteiger partial charge in [0.25, 0.3) is 0 Å². The number of unbranched alkanes of at least 4 members (excludes halogenated alkanes) is 1. The number of hydrogen-bond acceptors (Lipinski definition) is 2. The average molecular weight is 306 g/mol. The maximum Gasteiger partial charge on any atom is 0.232 e. The fourth-order valence-corrected chi connectivity index (χ4v) is 2.89. The summed E-state index contributed by atoms with van der Waals surface area (Å²) in [7, 11) is -3.19. The highest BCUT2D eigenvalue weighted by molar-refractivity contribution is 9.08. The van der Waals surface area contributed by atoms with Crippen LogP contribution in [0, 0.1) is 0 Å². The number of benzene rings is 1. The van der Waals surface area contributed by atoms with Gasteiger partial charge in [-0.05, 0) is 24.1 Å². The standard InChI is InChI=1S/C11H16BrNO2S/c1-2-3-7-16(14,15)13-11-6-4-5-10(8-11)9-12/h4-6,8,13H,2-3,7,9H2,1H3. The first kappa shape index (κ1) is 13.5. The highest BCUT2D eigenvalue weighted by Crippen LogP contribution is 2.14. The quantitative estimate of drug-likeness (QED) is 0.821. The van der Waals surface area contributed by atoms with Crippen molar-refractivity contribution in [2.45, 2.75) is 25.1 Å². The molecule has 0 saturated carbocycles. The lowest BCUT2D eigenvalue weighted by atomic mass is 10.2. The van der Waals surface area contributed by atoms with Crippen LogP contribution >= 0.6 is 15.9 Å². The molecule has 0 atom stereocenters. The molecule has 1 N–H and O–H groups in total. The van der Waals surface area contributed by atoms with Crippen LogP contribution in [0.3, 0.4) is 0 Å². The van der Waals surface area contributed by atoms with Gasteiger partial charge in [-0.25, -0.2) is 8.42 Å². The van der Waals surface area contributed by atoms with Crippen LogP contribution in [0.4, 0.5) is 5.69 Å². The van der Waals surface area contributed by atoms with Gasteiger partial charge >= 0.3 is 0 Å². The highest BCUT2D eigenvalue weighted by atomic mass is 79.9. The molecule has 3 nitrogen and oxygen atoms in total. The molecule has 0 fully saturated rings. The summed E-state index contributed by atoms with van der Waals surface area (Å²) in [6.07, 6.45) is 1.57. The van der Waals surface area contributed by atoms with Crippen LogP contribution in [-0.2, 0) is 15.4 Å². The fourth-order valence-electron chi connectivity index (χ4n) is 1.28.